The van der Waals surface area contributed by atoms with Gasteiger partial charge in [-0.05, 0) is 55.5 Å². The second-order valence-corrected chi connectivity index (χ2v) is 6.40. The summed E-state index contributed by atoms with van der Waals surface area (Å²) < 4.78 is 16.7. The molecule has 0 saturated heterocycles. The number of para-hydroxylation sites is 2. The number of anilines is 1. The van der Waals surface area contributed by atoms with Gasteiger partial charge in [0, 0.05) is 11.1 Å². The molecule has 1 N–H and O–H groups in total. The summed E-state index contributed by atoms with van der Waals surface area (Å²) in [4.78, 5) is 16.6. The quantitative estimate of drug-likeness (QED) is 0.425. The number of hydrogen-bond acceptors (Lipinski definition) is 5. The third kappa shape index (κ3) is 4.50. The number of aromatic nitrogens is 1. The Balaban J connectivity index is 1.47. The number of rotatable bonds is 7. The van der Waals surface area contributed by atoms with E-state index in [4.69, 9.17) is 13.9 Å². The van der Waals surface area contributed by atoms with E-state index < -0.39 is 0 Å². The summed E-state index contributed by atoms with van der Waals surface area (Å²) in [5.74, 6) is 2.39. The first-order chi connectivity index (χ1) is 14.7. The molecule has 0 spiro atoms. The van der Waals surface area contributed by atoms with E-state index in [9.17, 15) is 4.79 Å². The molecule has 4 rings (SSSR count). The van der Waals surface area contributed by atoms with Crippen molar-refractivity contribution >= 4 is 11.6 Å². The average Bonchev–Trinajstić information content (AvgIpc) is 3.32. The predicted octanol–water partition coefficient (Wildman–Crippen LogP) is 5.78. The van der Waals surface area contributed by atoms with Crippen molar-refractivity contribution in [3.8, 4) is 28.6 Å². The number of ether oxygens (including phenoxy) is 2. The number of carbonyl (C=O) groups is 1. The van der Waals surface area contributed by atoms with E-state index >= 15 is 0 Å². The first-order valence-electron chi connectivity index (χ1n) is 9.53. The van der Waals surface area contributed by atoms with Gasteiger partial charge in [0.05, 0.1) is 18.5 Å². The molecule has 0 aliphatic rings. The van der Waals surface area contributed by atoms with Crippen LogP contribution in [-0.4, -0.2) is 17.5 Å². The lowest BCUT2D eigenvalue weighted by Crippen LogP contribution is -2.12. The summed E-state index contributed by atoms with van der Waals surface area (Å²) in [6.45, 7) is 2.54. The SMILES string of the molecule is CCOc1ccc(Oc2ccccc2NC(=O)c2ccc(-c3cnco3)cc2)cc1. The predicted molar refractivity (Wildman–Crippen MR) is 114 cm³/mol. The molecule has 1 amide bonds. The highest BCUT2D eigenvalue weighted by molar-refractivity contribution is 6.05. The van der Waals surface area contributed by atoms with Crippen molar-refractivity contribution in [2.75, 3.05) is 11.9 Å². The highest BCUT2D eigenvalue weighted by Crippen LogP contribution is 2.30. The summed E-state index contributed by atoms with van der Waals surface area (Å²) in [6, 6.07) is 21.7. The monoisotopic (exact) mass is 400 g/mol. The third-order valence-electron chi connectivity index (χ3n) is 4.36. The Labute approximate surface area is 174 Å². The van der Waals surface area contributed by atoms with Crippen LogP contribution >= 0.6 is 0 Å². The molecule has 1 aromatic heterocycles. The van der Waals surface area contributed by atoms with Gasteiger partial charge in [0.1, 0.15) is 11.5 Å². The van der Waals surface area contributed by atoms with Gasteiger partial charge in [-0.25, -0.2) is 4.98 Å². The lowest BCUT2D eigenvalue weighted by Gasteiger charge is -2.13. The van der Waals surface area contributed by atoms with Crippen LogP contribution < -0.4 is 14.8 Å². The van der Waals surface area contributed by atoms with Crippen LogP contribution in [0.4, 0.5) is 5.69 Å². The van der Waals surface area contributed by atoms with Crippen LogP contribution in [0, 0.1) is 0 Å². The highest BCUT2D eigenvalue weighted by Gasteiger charge is 2.11. The maximum absolute atomic E-state index is 12.7. The van der Waals surface area contributed by atoms with Gasteiger partial charge in [-0.15, -0.1) is 0 Å². The van der Waals surface area contributed by atoms with E-state index in [0.717, 1.165) is 11.3 Å². The molecule has 4 aromatic rings. The van der Waals surface area contributed by atoms with Crippen LogP contribution in [0.5, 0.6) is 17.2 Å². The van der Waals surface area contributed by atoms with Crippen molar-refractivity contribution in [1.29, 1.82) is 0 Å². The Morgan fingerprint density at radius 2 is 1.70 bits per heavy atom. The van der Waals surface area contributed by atoms with Crippen molar-refractivity contribution in [2.45, 2.75) is 6.92 Å². The molecule has 6 heteroatoms. The Bertz CT molecular complexity index is 1100. The van der Waals surface area contributed by atoms with E-state index in [1.165, 1.54) is 6.39 Å². The summed E-state index contributed by atoms with van der Waals surface area (Å²) in [7, 11) is 0. The van der Waals surface area contributed by atoms with Gasteiger partial charge in [0.25, 0.3) is 5.91 Å². The topological polar surface area (TPSA) is 73.6 Å². The highest BCUT2D eigenvalue weighted by atomic mass is 16.5. The van der Waals surface area contributed by atoms with Crippen LogP contribution in [-0.2, 0) is 0 Å². The fraction of sp³-hybridized carbons (Fsp3) is 0.0833. The van der Waals surface area contributed by atoms with Gasteiger partial charge < -0.3 is 19.2 Å². The second kappa shape index (κ2) is 8.96. The van der Waals surface area contributed by atoms with Crippen molar-refractivity contribution < 1.29 is 18.7 Å². The van der Waals surface area contributed by atoms with Crippen molar-refractivity contribution in [3.63, 3.8) is 0 Å². The van der Waals surface area contributed by atoms with Crippen LogP contribution in [0.3, 0.4) is 0 Å². The van der Waals surface area contributed by atoms with Crippen LogP contribution in [0.15, 0.2) is 89.8 Å². The number of nitrogens with zero attached hydrogens (tertiary/aromatic N) is 1. The second-order valence-electron chi connectivity index (χ2n) is 6.40. The van der Waals surface area contributed by atoms with Gasteiger partial charge >= 0.3 is 0 Å². The van der Waals surface area contributed by atoms with E-state index in [-0.39, 0.29) is 5.91 Å². The lowest BCUT2D eigenvalue weighted by molar-refractivity contribution is 0.102. The number of nitrogens with one attached hydrogen (secondary N) is 1. The first-order valence-corrected chi connectivity index (χ1v) is 9.53. The Morgan fingerprint density at radius 1 is 0.967 bits per heavy atom. The van der Waals surface area contributed by atoms with Gasteiger partial charge in [-0.3, -0.25) is 4.79 Å². The molecule has 3 aromatic carbocycles. The molecule has 0 atom stereocenters. The lowest BCUT2D eigenvalue weighted by atomic mass is 10.1. The molecular weight excluding hydrogens is 380 g/mol. The molecule has 150 valence electrons. The molecule has 6 nitrogen and oxygen atoms in total. The number of oxazole rings is 1. The summed E-state index contributed by atoms with van der Waals surface area (Å²) in [6.07, 6.45) is 3.00. The number of carbonyl (C=O) groups excluding carboxylic acids is 1. The minimum absolute atomic E-state index is 0.234. The molecule has 0 aliphatic carbocycles. The van der Waals surface area contributed by atoms with Gasteiger partial charge in [0.2, 0.25) is 0 Å². The maximum Gasteiger partial charge on any atom is 0.255 e. The maximum atomic E-state index is 12.7. The van der Waals surface area contributed by atoms with E-state index in [1.54, 1.807) is 30.5 Å². The number of amides is 1. The standard InChI is InChI=1S/C24H20N2O4/c1-2-28-19-11-13-20(14-12-19)30-22-6-4-3-5-21(22)26-24(27)18-9-7-17(8-10-18)23-15-25-16-29-23/h3-16H,2H2,1H3,(H,26,27). The van der Waals surface area contributed by atoms with E-state index in [2.05, 4.69) is 10.3 Å². The summed E-state index contributed by atoms with van der Waals surface area (Å²) >= 11 is 0. The molecule has 1 heterocycles. The van der Waals surface area contributed by atoms with Crippen molar-refractivity contribution in [2.24, 2.45) is 0 Å². The molecule has 0 fully saturated rings. The smallest absolute Gasteiger partial charge is 0.255 e. The fourth-order valence-electron chi connectivity index (χ4n) is 2.90. The molecule has 0 aliphatic heterocycles. The number of hydrogen-bond donors (Lipinski definition) is 1. The van der Waals surface area contributed by atoms with Gasteiger partial charge in [-0.1, -0.05) is 24.3 Å². The zero-order valence-corrected chi connectivity index (χ0v) is 16.4. The Morgan fingerprint density at radius 3 is 2.40 bits per heavy atom. The summed E-state index contributed by atoms with van der Waals surface area (Å²) in [5.41, 5.74) is 1.95. The van der Waals surface area contributed by atoms with Gasteiger partial charge in [-0.2, -0.15) is 0 Å². The van der Waals surface area contributed by atoms with Crippen LogP contribution in [0.2, 0.25) is 0 Å². The third-order valence-corrected chi connectivity index (χ3v) is 4.36. The van der Waals surface area contributed by atoms with E-state index in [0.29, 0.717) is 35.1 Å². The number of benzene rings is 3. The molecular formula is C24H20N2O4. The zero-order chi connectivity index (χ0) is 20.8. The molecule has 0 unspecified atom stereocenters. The van der Waals surface area contributed by atoms with Crippen molar-refractivity contribution in [1.82, 2.24) is 4.98 Å². The Kier molecular flexibility index (Phi) is 5.75. The molecule has 0 radical (unpaired) electrons. The van der Waals surface area contributed by atoms with Crippen molar-refractivity contribution in [3.05, 3.63) is 91.0 Å². The minimum atomic E-state index is -0.234. The molecule has 30 heavy (non-hydrogen) atoms. The average molecular weight is 400 g/mol. The zero-order valence-electron chi connectivity index (χ0n) is 16.4. The largest absolute Gasteiger partial charge is 0.494 e. The minimum Gasteiger partial charge on any atom is -0.494 e. The first kappa shape index (κ1) is 19.3. The van der Waals surface area contributed by atoms with E-state index in [1.807, 2.05) is 55.5 Å². The normalized spacial score (nSPS) is 10.4. The molecule has 0 saturated carbocycles. The fourth-order valence-corrected chi connectivity index (χ4v) is 2.90. The summed E-state index contributed by atoms with van der Waals surface area (Å²) in [5, 5.41) is 2.91. The van der Waals surface area contributed by atoms with Gasteiger partial charge in [0.15, 0.2) is 17.9 Å². The van der Waals surface area contributed by atoms with Crippen LogP contribution in [0.1, 0.15) is 17.3 Å². The molecule has 0 bridgehead atoms. The Hall–Kier alpha value is -4.06. The van der Waals surface area contributed by atoms with Crippen LogP contribution in [0.25, 0.3) is 11.3 Å².